The zero-order valence-electron chi connectivity index (χ0n) is 12.9. The van der Waals surface area contributed by atoms with Gasteiger partial charge in [0.25, 0.3) is 0 Å². The Balaban J connectivity index is 2.16. The number of morpholine rings is 1. The average molecular weight is 280 g/mol. The molecule has 1 saturated heterocycles. The van der Waals surface area contributed by atoms with Crippen molar-refractivity contribution in [2.75, 3.05) is 13.1 Å². The van der Waals surface area contributed by atoms with Gasteiger partial charge < -0.3 is 15.4 Å². The first kappa shape index (κ1) is 15.0. The lowest BCUT2D eigenvalue weighted by atomic mass is 9.97. The molecule has 0 aliphatic carbocycles. The Kier molecular flexibility index (Phi) is 3.64. The molecule has 2 rings (SSSR count). The van der Waals surface area contributed by atoms with Gasteiger partial charge >= 0.3 is 0 Å². The molecule has 6 heteroatoms. The van der Waals surface area contributed by atoms with E-state index >= 15 is 0 Å². The Labute approximate surface area is 119 Å². The maximum Gasteiger partial charge on any atom is 0.244 e. The minimum atomic E-state index is -0.673. The lowest BCUT2D eigenvalue weighted by molar-refractivity contribution is -0.188. The highest BCUT2D eigenvalue weighted by molar-refractivity contribution is 5.83. The molecule has 1 atom stereocenters. The number of rotatable bonds is 2. The van der Waals surface area contributed by atoms with Gasteiger partial charge in [-0.25, -0.2) is 0 Å². The first-order chi connectivity index (χ1) is 9.10. The van der Waals surface area contributed by atoms with Crippen molar-refractivity contribution in [3.63, 3.8) is 0 Å². The van der Waals surface area contributed by atoms with E-state index in [0.717, 1.165) is 5.56 Å². The number of amides is 1. The number of hydrogen-bond donors (Lipinski definition) is 1. The molecular formula is C14H24N4O2. The van der Waals surface area contributed by atoms with Crippen molar-refractivity contribution in [2.45, 2.75) is 44.9 Å². The van der Waals surface area contributed by atoms with Crippen LogP contribution in [0.4, 0.5) is 0 Å². The molecular weight excluding hydrogens is 256 g/mol. The summed E-state index contributed by atoms with van der Waals surface area (Å²) in [6, 6.07) is -0.673. The number of hydrogen-bond acceptors (Lipinski definition) is 4. The van der Waals surface area contributed by atoms with Crippen molar-refractivity contribution in [1.29, 1.82) is 0 Å². The number of nitrogens with two attached hydrogens (primary N) is 1. The minimum Gasteiger partial charge on any atom is -0.366 e. The van der Waals surface area contributed by atoms with E-state index in [4.69, 9.17) is 10.5 Å². The summed E-state index contributed by atoms with van der Waals surface area (Å²) in [5.41, 5.74) is 6.07. The van der Waals surface area contributed by atoms with Gasteiger partial charge in [0.1, 0.15) is 6.04 Å². The molecule has 2 N–H and O–H groups in total. The highest BCUT2D eigenvalue weighted by Gasteiger charge is 2.41. The summed E-state index contributed by atoms with van der Waals surface area (Å²) in [4.78, 5) is 14.4. The second kappa shape index (κ2) is 4.86. The lowest BCUT2D eigenvalue weighted by Gasteiger charge is -2.47. The third kappa shape index (κ3) is 3.19. The van der Waals surface area contributed by atoms with Crippen molar-refractivity contribution < 1.29 is 9.53 Å². The van der Waals surface area contributed by atoms with Crippen LogP contribution in [0.1, 0.15) is 39.3 Å². The van der Waals surface area contributed by atoms with Crippen LogP contribution in [0.2, 0.25) is 0 Å². The van der Waals surface area contributed by atoms with Crippen LogP contribution in [0.5, 0.6) is 0 Å². The van der Waals surface area contributed by atoms with Gasteiger partial charge in [0.15, 0.2) is 0 Å². The summed E-state index contributed by atoms with van der Waals surface area (Å²) in [5, 5.41) is 4.06. The zero-order valence-corrected chi connectivity index (χ0v) is 12.9. The average Bonchev–Trinajstić information content (AvgIpc) is 2.69. The van der Waals surface area contributed by atoms with Crippen LogP contribution < -0.4 is 5.73 Å². The van der Waals surface area contributed by atoms with Crippen LogP contribution in [0.25, 0.3) is 0 Å². The SMILES string of the molecule is Cn1cc(C(N)C(=O)N2CC(C)(C)OC(C)(C)C2)cn1. The number of ether oxygens (including phenoxy) is 1. The van der Waals surface area contributed by atoms with Crippen molar-refractivity contribution >= 4 is 5.91 Å². The fourth-order valence-electron chi connectivity index (χ4n) is 2.88. The van der Waals surface area contributed by atoms with Gasteiger partial charge in [-0.1, -0.05) is 0 Å². The third-order valence-electron chi connectivity index (χ3n) is 3.36. The summed E-state index contributed by atoms with van der Waals surface area (Å²) in [6.07, 6.45) is 3.42. The van der Waals surface area contributed by atoms with Crippen molar-refractivity contribution in [2.24, 2.45) is 12.8 Å². The normalized spacial score (nSPS) is 22.6. The van der Waals surface area contributed by atoms with Crippen LogP contribution >= 0.6 is 0 Å². The van der Waals surface area contributed by atoms with Gasteiger partial charge in [-0.05, 0) is 27.7 Å². The summed E-state index contributed by atoms with van der Waals surface area (Å²) in [6.45, 7) is 9.05. The largest absolute Gasteiger partial charge is 0.366 e. The Morgan fingerprint density at radius 3 is 2.35 bits per heavy atom. The van der Waals surface area contributed by atoms with Crippen molar-refractivity contribution in [3.05, 3.63) is 18.0 Å². The molecule has 1 amide bonds. The smallest absolute Gasteiger partial charge is 0.244 e. The van der Waals surface area contributed by atoms with Crippen molar-refractivity contribution in [1.82, 2.24) is 14.7 Å². The van der Waals surface area contributed by atoms with E-state index in [9.17, 15) is 4.79 Å². The van der Waals surface area contributed by atoms with E-state index in [1.807, 2.05) is 34.7 Å². The van der Waals surface area contributed by atoms with E-state index in [1.165, 1.54) is 0 Å². The molecule has 1 aliphatic heterocycles. The van der Waals surface area contributed by atoms with Crippen LogP contribution in [0, 0.1) is 0 Å². The van der Waals surface area contributed by atoms with Gasteiger partial charge in [-0.15, -0.1) is 0 Å². The van der Waals surface area contributed by atoms with Crippen LogP contribution in [0.3, 0.4) is 0 Å². The Hall–Kier alpha value is -1.40. The first-order valence-electron chi connectivity index (χ1n) is 6.83. The Morgan fingerprint density at radius 1 is 1.35 bits per heavy atom. The lowest BCUT2D eigenvalue weighted by Crippen LogP contribution is -2.59. The maximum absolute atomic E-state index is 12.6. The van der Waals surface area contributed by atoms with Gasteiger partial charge in [-0.3, -0.25) is 9.48 Å². The molecule has 1 aliphatic rings. The molecule has 2 heterocycles. The van der Waals surface area contributed by atoms with Gasteiger partial charge in [0, 0.05) is 31.9 Å². The van der Waals surface area contributed by atoms with E-state index in [0.29, 0.717) is 13.1 Å². The molecule has 0 bridgehead atoms. The fraction of sp³-hybridized carbons (Fsp3) is 0.714. The predicted octanol–water partition coefficient (Wildman–Crippen LogP) is 0.836. The van der Waals surface area contributed by atoms with Crippen LogP contribution in [-0.4, -0.2) is 44.9 Å². The summed E-state index contributed by atoms with van der Waals surface area (Å²) in [5.74, 6) is -0.0811. The molecule has 6 nitrogen and oxygen atoms in total. The number of nitrogens with zero attached hydrogens (tertiary/aromatic N) is 3. The second-order valence-electron chi connectivity index (χ2n) is 6.74. The fourth-order valence-corrected chi connectivity index (χ4v) is 2.88. The van der Waals surface area contributed by atoms with E-state index in [-0.39, 0.29) is 17.1 Å². The third-order valence-corrected chi connectivity index (χ3v) is 3.36. The van der Waals surface area contributed by atoms with E-state index < -0.39 is 6.04 Å². The van der Waals surface area contributed by atoms with Crippen LogP contribution in [-0.2, 0) is 16.6 Å². The highest BCUT2D eigenvalue weighted by Crippen LogP contribution is 2.29. The van der Waals surface area contributed by atoms with Gasteiger partial charge in [0.05, 0.1) is 17.4 Å². The van der Waals surface area contributed by atoms with E-state index in [1.54, 1.807) is 22.0 Å². The maximum atomic E-state index is 12.6. The molecule has 0 saturated carbocycles. The molecule has 1 unspecified atom stereocenters. The number of carbonyl (C=O) groups is 1. The molecule has 1 fully saturated rings. The zero-order chi connectivity index (χ0) is 15.1. The number of aryl methyl sites for hydroxylation is 1. The van der Waals surface area contributed by atoms with Crippen LogP contribution in [0.15, 0.2) is 12.4 Å². The predicted molar refractivity (Wildman–Crippen MR) is 76.0 cm³/mol. The topological polar surface area (TPSA) is 73.4 Å². The number of aromatic nitrogens is 2. The Morgan fingerprint density at radius 2 is 1.90 bits per heavy atom. The quantitative estimate of drug-likeness (QED) is 0.871. The standard InChI is InChI=1S/C14H24N4O2/c1-13(2)8-18(9-14(3,4)20-13)12(19)11(15)10-6-16-17(5)7-10/h6-7,11H,8-9,15H2,1-5H3. The highest BCUT2D eigenvalue weighted by atomic mass is 16.5. The van der Waals surface area contributed by atoms with Gasteiger partial charge in [-0.2, -0.15) is 5.10 Å². The van der Waals surface area contributed by atoms with Gasteiger partial charge in [0.2, 0.25) is 5.91 Å². The minimum absolute atomic E-state index is 0.0811. The first-order valence-corrected chi connectivity index (χ1v) is 6.83. The summed E-state index contributed by atoms with van der Waals surface area (Å²) >= 11 is 0. The molecule has 20 heavy (non-hydrogen) atoms. The second-order valence-corrected chi connectivity index (χ2v) is 6.74. The molecule has 1 aromatic heterocycles. The van der Waals surface area contributed by atoms with Crippen molar-refractivity contribution in [3.8, 4) is 0 Å². The molecule has 1 aromatic rings. The number of carbonyl (C=O) groups excluding carboxylic acids is 1. The molecule has 0 spiro atoms. The summed E-state index contributed by atoms with van der Waals surface area (Å²) in [7, 11) is 1.81. The molecule has 0 radical (unpaired) electrons. The molecule has 112 valence electrons. The molecule has 0 aromatic carbocycles. The van der Waals surface area contributed by atoms with E-state index in [2.05, 4.69) is 5.10 Å². The monoisotopic (exact) mass is 280 g/mol. The summed E-state index contributed by atoms with van der Waals surface area (Å²) < 4.78 is 7.63. The Bertz CT molecular complexity index is 491.